The van der Waals surface area contributed by atoms with Crippen LogP contribution in [0.25, 0.3) is 11.0 Å². The molecule has 0 fully saturated rings. The minimum atomic E-state index is -0.666. The standard InChI is InChI=1S/C11H11NO3/c1-7(11(12)13)15-9-4-2-3-8-5-6-14-10(8)9/h2-7H,1H3,(H2,12,13). The van der Waals surface area contributed by atoms with Gasteiger partial charge in [0.1, 0.15) is 0 Å². The quantitative estimate of drug-likeness (QED) is 0.829. The molecule has 0 saturated carbocycles. The number of ether oxygens (including phenoxy) is 1. The molecule has 0 saturated heterocycles. The Balaban J connectivity index is 2.35. The summed E-state index contributed by atoms with van der Waals surface area (Å²) in [4.78, 5) is 10.8. The Bertz CT molecular complexity index is 489. The topological polar surface area (TPSA) is 65.5 Å². The molecule has 1 unspecified atom stereocenters. The van der Waals surface area contributed by atoms with Gasteiger partial charge in [-0.3, -0.25) is 4.79 Å². The van der Waals surface area contributed by atoms with Crippen LogP contribution in [0.4, 0.5) is 0 Å². The van der Waals surface area contributed by atoms with E-state index in [-0.39, 0.29) is 0 Å². The molecule has 4 nitrogen and oxygen atoms in total. The Morgan fingerprint density at radius 2 is 2.27 bits per heavy atom. The van der Waals surface area contributed by atoms with Gasteiger partial charge in [0, 0.05) is 5.39 Å². The Morgan fingerprint density at radius 3 is 3.00 bits per heavy atom. The lowest BCUT2D eigenvalue weighted by Gasteiger charge is -2.10. The lowest BCUT2D eigenvalue weighted by molar-refractivity contribution is -0.123. The zero-order valence-electron chi connectivity index (χ0n) is 8.27. The Hall–Kier alpha value is -1.97. The van der Waals surface area contributed by atoms with Crippen molar-refractivity contribution in [1.29, 1.82) is 0 Å². The van der Waals surface area contributed by atoms with Gasteiger partial charge in [-0.05, 0) is 19.1 Å². The maximum atomic E-state index is 10.8. The van der Waals surface area contributed by atoms with Gasteiger partial charge in [-0.1, -0.05) is 12.1 Å². The molecule has 4 heteroatoms. The summed E-state index contributed by atoms with van der Waals surface area (Å²) in [6.07, 6.45) is 0.910. The Kier molecular flexibility index (Phi) is 2.33. The number of amides is 1. The van der Waals surface area contributed by atoms with E-state index in [0.717, 1.165) is 5.39 Å². The summed E-state index contributed by atoms with van der Waals surface area (Å²) >= 11 is 0. The van der Waals surface area contributed by atoms with Gasteiger partial charge in [0.25, 0.3) is 5.91 Å². The van der Waals surface area contributed by atoms with Crippen molar-refractivity contribution in [2.75, 3.05) is 0 Å². The van der Waals surface area contributed by atoms with Crippen LogP contribution in [0.5, 0.6) is 5.75 Å². The summed E-state index contributed by atoms with van der Waals surface area (Å²) in [6.45, 7) is 1.60. The molecule has 78 valence electrons. The van der Waals surface area contributed by atoms with Gasteiger partial charge < -0.3 is 14.9 Å². The average Bonchev–Trinajstić information content (AvgIpc) is 2.66. The molecule has 0 radical (unpaired) electrons. The number of furan rings is 1. The SMILES string of the molecule is CC(Oc1cccc2ccoc12)C(N)=O. The number of nitrogens with two attached hydrogens (primary N) is 1. The number of benzene rings is 1. The van der Waals surface area contributed by atoms with E-state index in [9.17, 15) is 4.79 Å². The van der Waals surface area contributed by atoms with Crippen molar-refractivity contribution in [3.05, 3.63) is 30.5 Å². The fourth-order valence-electron chi connectivity index (χ4n) is 1.31. The monoisotopic (exact) mass is 205 g/mol. The number of para-hydroxylation sites is 1. The van der Waals surface area contributed by atoms with Crippen LogP contribution in [0.15, 0.2) is 34.9 Å². The number of hydrogen-bond donors (Lipinski definition) is 1. The van der Waals surface area contributed by atoms with E-state index in [0.29, 0.717) is 11.3 Å². The highest BCUT2D eigenvalue weighted by atomic mass is 16.5. The zero-order chi connectivity index (χ0) is 10.8. The van der Waals surface area contributed by atoms with Gasteiger partial charge in [0.05, 0.1) is 6.26 Å². The van der Waals surface area contributed by atoms with E-state index < -0.39 is 12.0 Å². The van der Waals surface area contributed by atoms with Crippen LogP contribution in [0.1, 0.15) is 6.92 Å². The van der Waals surface area contributed by atoms with Crippen LogP contribution in [0.2, 0.25) is 0 Å². The highest BCUT2D eigenvalue weighted by Crippen LogP contribution is 2.26. The van der Waals surface area contributed by atoms with E-state index in [1.54, 1.807) is 19.3 Å². The second-order valence-corrected chi connectivity index (χ2v) is 3.26. The molecule has 2 N–H and O–H groups in total. The molecule has 1 aromatic carbocycles. The number of fused-ring (bicyclic) bond motifs is 1. The summed E-state index contributed by atoms with van der Waals surface area (Å²) in [6, 6.07) is 7.31. The molecule has 0 bridgehead atoms. The number of primary amides is 1. The van der Waals surface area contributed by atoms with E-state index in [2.05, 4.69) is 0 Å². The van der Waals surface area contributed by atoms with Gasteiger partial charge in [-0.15, -0.1) is 0 Å². The van der Waals surface area contributed by atoms with Crippen molar-refractivity contribution in [2.45, 2.75) is 13.0 Å². The third-order valence-electron chi connectivity index (χ3n) is 2.15. The van der Waals surface area contributed by atoms with Crippen LogP contribution < -0.4 is 10.5 Å². The first-order valence-electron chi connectivity index (χ1n) is 4.60. The Morgan fingerprint density at radius 1 is 1.47 bits per heavy atom. The first-order valence-corrected chi connectivity index (χ1v) is 4.60. The summed E-state index contributed by atoms with van der Waals surface area (Å²) in [5.41, 5.74) is 5.74. The molecule has 1 amide bonds. The van der Waals surface area contributed by atoms with E-state index in [1.165, 1.54) is 0 Å². The first kappa shape index (κ1) is 9.58. The molecule has 0 aliphatic rings. The maximum Gasteiger partial charge on any atom is 0.258 e. The van der Waals surface area contributed by atoms with Crippen LogP contribution in [0.3, 0.4) is 0 Å². The van der Waals surface area contributed by atoms with Crippen molar-refractivity contribution >= 4 is 16.9 Å². The average molecular weight is 205 g/mol. The molecule has 1 aromatic heterocycles. The van der Waals surface area contributed by atoms with Gasteiger partial charge >= 0.3 is 0 Å². The van der Waals surface area contributed by atoms with Crippen molar-refractivity contribution in [1.82, 2.24) is 0 Å². The third-order valence-corrected chi connectivity index (χ3v) is 2.15. The first-order chi connectivity index (χ1) is 7.18. The summed E-state index contributed by atoms with van der Waals surface area (Å²) in [7, 11) is 0. The second-order valence-electron chi connectivity index (χ2n) is 3.26. The van der Waals surface area contributed by atoms with Crippen LogP contribution in [-0.2, 0) is 4.79 Å². The molecule has 0 aliphatic carbocycles. The number of rotatable bonds is 3. The molecule has 2 rings (SSSR count). The predicted molar refractivity (Wildman–Crippen MR) is 55.5 cm³/mol. The van der Waals surface area contributed by atoms with Crippen molar-refractivity contribution in [2.24, 2.45) is 5.73 Å². The van der Waals surface area contributed by atoms with E-state index in [4.69, 9.17) is 14.9 Å². The minimum Gasteiger partial charge on any atom is -0.477 e. The molecular formula is C11H11NO3. The van der Waals surface area contributed by atoms with Gasteiger partial charge in [-0.25, -0.2) is 0 Å². The van der Waals surface area contributed by atoms with Crippen LogP contribution >= 0.6 is 0 Å². The lowest BCUT2D eigenvalue weighted by Crippen LogP contribution is -2.30. The third kappa shape index (κ3) is 1.79. The summed E-state index contributed by atoms with van der Waals surface area (Å²) < 4.78 is 10.6. The van der Waals surface area contributed by atoms with Crippen molar-refractivity contribution in [3.8, 4) is 5.75 Å². The molecular weight excluding hydrogens is 194 g/mol. The fraction of sp³-hybridized carbons (Fsp3) is 0.182. The molecule has 0 spiro atoms. The number of hydrogen-bond acceptors (Lipinski definition) is 3. The molecule has 1 atom stereocenters. The highest BCUT2D eigenvalue weighted by molar-refractivity contribution is 5.84. The summed E-state index contributed by atoms with van der Waals surface area (Å²) in [5.74, 6) is 0.0300. The minimum absolute atomic E-state index is 0.501. The number of carbonyl (C=O) groups is 1. The smallest absolute Gasteiger partial charge is 0.258 e. The van der Waals surface area contributed by atoms with E-state index >= 15 is 0 Å². The highest BCUT2D eigenvalue weighted by Gasteiger charge is 2.13. The molecule has 1 heterocycles. The Labute approximate surface area is 86.6 Å². The molecule has 0 aliphatic heterocycles. The van der Waals surface area contributed by atoms with E-state index in [1.807, 2.05) is 18.2 Å². The maximum absolute atomic E-state index is 10.8. The van der Waals surface area contributed by atoms with Gasteiger partial charge in [0.15, 0.2) is 17.4 Å². The van der Waals surface area contributed by atoms with Crippen molar-refractivity contribution < 1.29 is 13.9 Å². The number of carbonyl (C=O) groups excluding carboxylic acids is 1. The predicted octanol–water partition coefficient (Wildman–Crippen LogP) is 1.69. The summed E-state index contributed by atoms with van der Waals surface area (Å²) in [5, 5.41) is 0.934. The van der Waals surface area contributed by atoms with Crippen LogP contribution in [-0.4, -0.2) is 12.0 Å². The van der Waals surface area contributed by atoms with Gasteiger partial charge in [-0.2, -0.15) is 0 Å². The largest absolute Gasteiger partial charge is 0.477 e. The molecule has 15 heavy (non-hydrogen) atoms. The van der Waals surface area contributed by atoms with Crippen molar-refractivity contribution in [3.63, 3.8) is 0 Å². The van der Waals surface area contributed by atoms with Gasteiger partial charge in [0.2, 0.25) is 0 Å². The van der Waals surface area contributed by atoms with Crippen LogP contribution in [0, 0.1) is 0 Å². The zero-order valence-corrected chi connectivity index (χ0v) is 8.27. The lowest BCUT2D eigenvalue weighted by atomic mass is 10.2. The molecule has 2 aromatic rings. The normalized spacial score (nSPS) is 12.6. The fourth-order valence-corrected chi connectivity index (χ4v) is 1.31. The second kappa shape index (κ2) is 3.65.